The van der Waals surface area contributed by atoms with Gasteiger partial charge in [-0.2, -0.15) is 0 Å². The van der Waals surface area contributed by atoms with Gasteiger partial charge in [-0.1, -0.05) is 44.2 Å². The Balaban J connectivity index is 0.00000242. The van der Waals surface area contributed by atoms with Crippen LogP contribution in [0.4, 0.5) is 0 Å². The molecule has 0 saturated heterocycles. The summed E-state index contributed by atoms with van der Waals surface area (Å²) in [6, 6.07) is 10.9. The molecule has 1 saturated carbocycles. The number of hydrogen-bond acceptors (Lipinski definition) is 2. The Morgan fingerprint density at radius 3 is 2.50 bits per heavy atom. The van der Waals surface area contributed by atoms with Gasteiger partial charge in [0.1, 0.15) is 0 Å². The maximum Gasteiger partial charge on any atom is 0.223 e. The summed E-state index contributed by atoms with van der Waals surface area (Å²) in [6.07, 6.45) is 3.67. The zero-order valence-corrected chi connectivity index (χ0v) is 14.7. The molecule has 1 aromatic rings. The van der Waals surface area contributed by atoms with Gasteiger partial charge in [-0.15, -0.1) is 12.4 Å². The highest BCUT2D eigenvalue weighted by atomic mass is 35.5. The molecule has 0 aliphatic heterocycles. The fourth-order valence-corrected chi connectivity index (χ4v) is 3.44. The largest absolute Gasteiger partial charge is 0.353 e. The van der Waals surface area contributed by atoms with Crippen molar-refractivity contribution in [3.63, 3.8) is 0 Å². The molecule has 22 heavy (non-hydrogen) atoms. The van der Waals surface area contributed by atoms with E-state index in [1.54, 1.807) is 0 Å². The molecule has 4 heteroatoms. The Labute approximate surface area is 140 Å². The van der Waals surface area contributed by atoms with Crippen LogP contribution in [-0.4, -0.2) is 18.0 Å². The number of nitrogens with one attached hydrogen (secondary N) is 1. The molecule has 3 atom stereocenters. The monoisotopic (exact) mass is 324 g/mol. The van der Waals surface area contributed by atoms with E-state index in [4.69, 9.17) is 5.73 Å². The van der Waals surface area contributed by atoms with Gasteiger partial charge in [-0.3, -0.25) is 4.79 Å². The van der Waals surface area contributed by atoms with Crippen LogP contribution in [0.25, 0.3) is 0 Å². The molecule has 0 radical (unpaired) electrons. The molecule has 0 spiro atoms. The van der Waals surface area contributed by atoms with Crippen molar-refractivity contribution in [2.75, 3.05) is 0 Å². The minimum absolute atomic E-state index is 0. The third-order valence-electron chi connectivity index (χ3n) is 4.60. The van der Waals surface area contributed by atoms with Gasteiger partial charge in [0.2, 0.25) is 5.91 Å². The molecule has 124 valence electrons. The minimum atomic E-state index is 0. The first kappa shape index (κ1) is 19.0. The van der Waals surface area contributed by atoms with E-state index in [2.05, 4.69) is 50.4 Å². The molecule has 1 fully saturated rings. The molecular formula is C18H29ClN2O. The van der Waals surface area contributed by atoms with Gasteiger partial charge >= 0.3 is 0 Å². The van der Waals surface area contributed by atoms with Crippen molar-refractivity contribution < 1.29 is 4.79 Å². The third-order valence-corrected chi connectivity index (χ3v) is 4.60. The van der Waals surface area contributed by atoms with Gasteiger partial charge < -0.3 is 11.1 Å². The molecule has 3 N–H and O–H groups in total. The van der Waals surface area contributed by atoms with Crippen LogP contribution in [0.5, 0.6) is 0 Å². The Morgan fingerprint density at radius 1 is 1.32 bits per heavy atom. The number of hydrogen-bond donors (Lipinski definition) is 2. The van der Waals surface area contributed by atoms with E-state index in [9.17, 15) is 4.79 Å². The third kappa shape index (κ3) is 4.99. The first-order valence-corrected chi connectivity index (χ1v) is 8.00. The fourth-order valence-electron chi connectivity index (χ4n) is 3.44. The van der Waals surface area contributed by atoms with Crippen LogP contribution >= 0.6 is 12.4 Å². The number of benzene rings is 1. The van der Waals surface area contributed by atoms with Crippen molar-refractivity contribution in [3.05, 3.63) is 35.9 Å². The molecule has 1 amide bonds. The highest BCUT2D eigenvalue weighted by Crippen LogP contribution is 2.29. The molecule has 1 aromatic carbocycles. The highest BCUT2D eigenvalue weighted by molar-refractivity contribution is 5.85. The molecule has 1 aliphatic carbocycles. The summed E-state index contributed by atoms with van der Waals surface area (Å²) in [5.74, 6) is 0.293. The van der Waals surface area contributed by atoms with Crippen LogP contribution < -0.4 is 11.1 Å². The lowest BCUT2D eigenvalue weighted by Crippen LogP contribution is -2.40. The summed E-state index contributed by atoms with van der Waals surface area (Å²) >= 11 is 0. The van der Waals surface area contributed by atoms with Crippen LogP contribution in [0.1, 0.15) is 52.0 Å². The average Bonchev–Trinajstić information content (AvgIpc) is 2.86. The molecule has 3 nitrogen and oxygen atoms in total. The highest BCUT2D eigenvalue weighted by Gasteiger charge is 2.30. The smallest absolute Gasteiger partial charge is 0.223 e. The van der Waals surface area contributed by atoms with Gasteiger partial charge in [-0.25, -0.2) is 0 Å². The average molecular weight is 325 g/mol. The maximum absolute atomic E-state index is 12.3. The van der Waals surface area contributed by atoms with Crippen LogP contribution in [0.15, 0.2) is 30.3 Å². The van der Waals surface area contributed by atoms with E-state index in [0.29, 0.717) is 0 Å². The van der Waals surface area contributed by atoms with Gasteiger partial charge in [0.15, 0.2) is 0 Å². The van der Waals surface area contributed by atoms with Crippen molar-refractivity contribution in [3.8, 4) is 0 Å². The van der Waals surface area contributed by atoms with Gasteiger partial charge in [0, 0.05) is 18.0 Å². The minimum Gasteiger partial charge on any atom is -0.353 e. The number of rotatable bonds is 5. The SMILES string of the molecule is CC(CC(C)(C)c1ccccc1)NC(=O)C1CCC(N)C1.Cl. The second-order valence-electron chi connectivity index (χ2n) is 7.13. The second kappa shape index (κ2) is 7.98. The summed E-state index contributed by atoms with van der Waals surface area (Å²) < 4.78 is 0. The van der Waals surface area contributed by atoms with Crippen molar-refractivity contribution in [2.45, 2.75) is 64.0 Å². The van der Waals surface area contributed by atoms with Crippen LogP contribution in [0, 0.1) is 5.92 Å². The topological polar surface area (TPSA) is 55.1 Å². The summed E-state index contributed by atoms with van der Waals surface area (Å²) in [5.41, 5.74) is 7.26. The van der Waals surface area contributed by atoms with Crippen molar-refractivity contribution >= 4 is 18.3 Å². The lowest BCUT2D eigenvalue weighted by molar-refractivity contribution is -0.125. The first-order valence-electron chi connectivity index (χ1n) is 8.00. The van der Waals surface area contributed by atoms with Gasteiger partial charge in [-0.05, 0) is 43.6 Å². The lowest BCUT2D eigenvalue weighted by Gasteiger charge is -2.29. The number of halogens is 1. The summed E-state index contributed by atoms with van der Waals surface area (Å²) in [4.78, 5) is 12.3. The molecule has 3 unspecified atom stereocenters. The number of amides is 1. The zero-order chi connectivity index (χ0) is 15.5. The van der Waals surface area contributed by atoms with Crippen LogP contribution in [0.2, 0.25) is 0 Å². The molecule has 0 aromatic heterocycles. The predicted octanol–water partition coefficient (Wildman–Crippen LogP) is 3.41. The summed E-state index contributed by atoms with van der Waals surface area (Å²) in [7, 11) is 0. The van der Waals surface area contributed by atoms with Gasteiger partial charge in [0.25, 0.3) is 0 Å². The lowest BCUT2D eigenvalue weighted by atomic mass is 9.79. The van der Waals surface area contributed by atoms with E-state index in [-0.39, 0.29) is 41.7 Å². The normalized spacial score (nSPS) is 22.7. The van der Waals surface area contributed by atoms with E-state index in [1.807, 2.05) is 6.07 Å². The number of nitrogens with two attached hydrogens (primary N) is 1. The summed E-state index contributed by atoms with van der Waals surface area (Å²) in [5, 5.41) is 3.17. The molecule has 0 bridgehead atoms. The molecule has 1 aliphatic rings. The quantitative estimate of drug-likeness (QED) is 0.872. The van der Waals surface area contributed by atoms with Crippen molar-refractivity contribution in [2.24, 2.45) is 11.7 Å². The standard InChI is InChI=1S/C18H28N2O.ClH/c1-13(20-17(21)14-9-10-16(19)11-14)12-18(2,3)15-7-5-4-6-8-15;/h4-8,13-14,16H,9-12,19H2,1-3H3,(H,20,21);1H. The predicted molar refractivity (Wildman–Crippen MR) is 94.3 cm³/mol. The van der Waals surface area contributed by atoms with Gasteiger partial charge in [0.05, 0.1) is 0 Å². The van der Waals surface area contributed by atoms with E-state index in [0.717, 1.165) is 25.7 Å². The Bertz CT molecular complexity index is 475. The fraction of sp³-hybridized carbons (Fsp3) is 0.611. The zero-order valence-electron chi connectivity index (χ0n) is 13.8. The molecular weight excluding hydrogens is 296 g/mol. The Morgan fingerprint density at radius 2 is 1.95 bits per heavy atom. The van der Waals surface area contributed by atoms with Crippen LogP contribution in [0.3, 0.4) is 0 Å². The van der Waals surface area contributed by atoms with Crippen molar-refractivity contribution in [1.29, 1.82) is 0 Å². The van der Waals surface area contributed by atoms with E-state index >= 15 is 0 Å². The second-order valence-corrected chi connectivity index (χ2v) is 7.13. The summed E-state index contributed by atoms with van der Waals surface area (Å²) in [6.45, 7) is 6.56. The number of carbonyl (C=O) groups excluding carboxylic acids is 1. The number of carbonyl (C=O) groups is 1. The van der Waals surface area contributed by atoms with Crippen molar-refractivity contribution in [1.82, 2.24) is 5.32 Å². The van der Waals surface area contributed by atoms with Crippen LogP contribution in [-0.2, 0) is 10.2 Å². The molecule has 2 rings (SSSR count). The van der Waals surface area contributed by atoms with E-state index < -0.39 is 0 Å². The maximum atomic E-state index is 12.3. The van der Waals surface area contributed by atoms with E-state index in [1.165, 1.54) is 5.56 Å². The molecule has 0 heterocycles. The Hall–Kier alpha value is -1.06. The first-order chi connectivity index (χ1) is 9.88. The Kier molecular flexibility index (Phi) is 6.89.